The number of methoxy groups -OCH3 is 2. The van der Waals surface area contributed by atoms with Crippen molar-refractivity contribution in [3.8, 4) is 0 Å². The molecule has 0 amide bonds. The molecule has 3 nitrogen and oxygen atoms in total. The van der Waals surface area contributed by atoms with Crippen LogP contribution in [0.25, 0.3) is 0 Å². The molecule has 0 bridgehead atoms. The molecule has 0 saturated heterocycles. The van der Waals surface area contributed by atoms with Crippen LogP contribution < -0.4 is 5.32 Å². The van der Waals surface area contributed by atoms with Gasteiger partial charge in [0.15, 0.2) is 0 Å². The third kappa shape index (κ3) is 6.88. The molecule has 3 heteroatoms. The quantitative estimate of drug-likeness (QED) is 0.600. The van der Waals surface area contributed by atoms with Crippen LogP contribution in [0, 0.1) is 5.41 Å². The van der Waals surface area contributed by atoms with Crippen molar-refractivity contribution in [2.75, 3.05) is 33.9 Å². The predicted molar refractivity (Wildman–Crippen MR) is 64.2 cm³/mol. The van der Waals surface area contributed by atoms with E-state index in [0.717, 1.165) is 26.1 Å². The van der Waals surface area contributed by atoms with E-state index in [4.69, 9.17) is 9.47 Å². The second-order valence-corrected chi connectivity index (χ2v) is 4.58. The molecule has 0 spiro atoms. The minimum absolute atomic E-state index is 0.323. The first-order valence-electron chi connectivity index (χ1n) is 5.80. The van der Waals surface area contributed by atoms with E-state index >= 15 is 0 Å². The highest BCUT2D eigenvalue weighted by molar-refractivity contribution is 4.77. The van der Waals surface area contributed by atoms with E-state index in [1.807, 2.05) is 0 Å². The fourth-order valence-corrected chi connectivity index (χ4v) is 1.68. The maximum Gasteiger partial charge on any atom is 0.0587 e. The Hall–Kier alpha value is -0.120. The average molecular weight is 217 g/mol. The molecule has 0 heterocycles. The van der Waals surface area contributed by atoms with Crippen LogP contribution in [-0.4, -0.2) is 40.0 Å². The Labute approximate surface area is 94.5 Å². The van der Waals surface area contributed by atoms with Crippen molar-refractivity contribution in [1.82, 2.24) is 5.32 Å². The van der Waals surface area contributed by atoms with E-state index in [-0.39, 0.29) is 0 Å². The van der Waals surface area contributed by atoms with Gasteiger partial charge in [-0.1, -0.05) is 13.8 Å². The number of hydrogen-bond acceptors (Lipinski definition) is 3. The van der Waals surface area contributed by atoms with Crippen molar-refractivity contribution in [1.29, 1.82) is 0 Å². The van der Waals surface area contributed by atoms with Gasteiger partial charge in [0.25, 0.3) is 0 Å². The first-order valence-corrected chi connectivity index (χ1v) is 5.80. The Morgan fingerprint density at radius 3 is 2.47 bits per heavy atom. The van der Waals surface area contributed by atoms with E-state index in [9.17, 15) is 0 Å². The molecule has 0 radical (unpaired) electrons. The topological polar surface area (TPSA) is 30.5 Å². The molecular weight excluding hydrogens is 190 g/mol. The summed E-state index contributed by atoms with van der Waals surface area (Å²) in [4.78, 5) is 0. The van der Waals surface area contributed by atoms with Crippen molar-refractivity contribution >= 4 is 0 Å². The summed E-state index contributed by atoms with van der Waals surface area (Å²) in [5.74, 6) is 0. The number of rotatable bonds is 9. The lowest BCUT2D eigenvalue weighted by atomic mass is 9.82. The lowest BCUT2D eigenvalue weighted by Crippen LogP contribution is -2.35. The van der Waals surface area contributed by atoms with Gasteiger partial charge < -0.3 is 14.8 Å². The van der Waals surface area contributed by atoms with Gasteiger partial charge in [0.05, 0.1) is 12.7 Å². The molecule has 15 heavy (non-hydrogen) atoms. The summed E-state index contributed by atoms with van der Waals surface area (Å²) in [5.41, 5.74) is 0.323. The van der Waals surface area contributed by atoms with E-state index in [1.54, 1.807) is 14.2 Å². The zero-order valence-corrected chi connectivity index (χ0v) is 10.9. The van der Waals surface area contributed by atoms with Gasteiger partial charge in [-0.05, 0) is 25.2 Å². The third-order valence-corrected chi connectivity index (χ3v) is 3.07. The van der Waals surface area contributed by atoms with Crippen LogP contribution in [0.4, 0.5) is 0 Å². The standard InChI is InChI=1S/C12H27NO2/c1-6-12(3,9-11(2)15-5)10-13-7-8-14-4/h11,13H,6-10H2,1-5H3. The minimum Gasteiger partial charge on any atom is -0.383 e. The Bertz CT molecular complexity index is 153. The summed E-state index contributed by atoms with van der Waals surface area (Å²) < 4.78 is 10.3. The highest BCUT2D eigenvalue weighted by atomic mass is 16.5. The summed E-state index contributed by atoms with van der Waals surface area (Å²) in [6.07, 6.45) is 2.60. The molecule has 92 valence electrons. The van der Waals surface area contributed by atoms with Crippen molar-refractivity contribution in [2.45, 2.75) is 39.7 Å². The van der Waals surface area contributed by atoms with Crippen LogP contribution in [0.2, 0.25) is 0 Å². The van der Waals surface area contributed by atoms with Crippen LogP contribution >= 0.6 is 0 Å². The summed E-state index contributed by atoms with van der Waals surface area (Å²) in [6, 6.07) is 0. The summed E-state index contributed by atoms with van der Waals surface area (Å²) >= 11 is 0. The Morgan fingerprint density at radius 2 is 2.00 bits per heavy atom. The normalized spacial score (nSPS) is 17.4. The van der Waals surface area contributed by atoms with Crippen LogP contribution in [0.1, 0.15) is 33.6 Å². The molecule has 0 aliphatic carbocycles. The molecule has 0 aliphatic heterocycles. The molecule has 0 aromatic carbocycles. The lowest BCUT2D eigenvalue weighted by Gasteiger charge is -2.31. The predicted octanol–water partition coefficient (Wildman–Crippen LogP) is 2.06. The Kier molecular flexibility index (Phi) is 8.02. The van der Waals surface area contributed by atoms with Crippen molar-refractivity contribution in [2.24, 2.45) is 5.41 Å². The van der Waals surface area contributed by atoms with Gasteiger partial charge >= 0.3 is 0 Å². The van der Waals surface area contributed by atoms with Crippen LogP contribution in [0.5, 0.6) is 0 Å². The van der Waals surface area contributed by atoms with Gasteiger partial charge in [-0.15, -0.1) is 0 Å². The van der Waals surface area contributed by atoms with E-state index in [1.165, 1.54) is 6.42 Å². The molecular formula is C12H27NO2. The zero-order valence-electron chi connectivity index (χ0n) is 10.9. The molecule has 2 unspecified atom stereocenters. The molecule has 0 fully saturated rings. The van der Waals surface area contributed by atoms with Gasteiger partial charge in [-0.25, -0.2) is 0 Å². The number of nitrogens with one attached hydrogen (secondary N) is 1. The maximum atomic E-state index is 5.32. The fourth-order valence-electron chi connectivity index (χ4n) is 1.68. The van der Waals surface area contributed by atoms with Crippen LogP contribution in [0.3, 0.4) is 0 Å². The number of ether oxygens (including phenoxy) is 2. The molecule has 0 saturated carbocycles. The number of hydrogen-bond donors (Lipinski definition) is 1. The first-order chi connectivity index (χ1) is 7.08. The van der Waals surface area contributed by atoms with E-state index in [0.29, 0.717) is 11.5 Å². The minimum atomic E-state index is 0.323. The van der Waals surface area contributed by atoms with Crippen molar-refractivity contribution in [3.63, 3.8) is 0 Å². The first kappa shape index (κ1) is 14.9. The largest absolute Gasteiger partial charge is 0.383 e. The van der Waals surface area contributed by atoms with Gasteiger partial charge in [-0.3, -0.25) is 0 Å². The molecule has 0 rings (SSSR count). The zero-order chi connectivity index (χ0) is 11.7. The third-order valence-electron chi connectivity index (χ3n) is 3.07. The molecule has 2 atom stereocenters. The molecule has 0 aromatic heterocycles. The fraction of sp³-hybridized carbons (Fsp3) is 1.00. The van der Waals surface area contributed by atoms with Gasteiger partial charge in [0.2, 0.25) is 0 Å². The second kappa shape index (κ2) is 8.08. The molecule has 0 aliphatic rings. The average Bonchev–Trinajstić information content (AvgIpc) is 2.24. The van der Waals surface area contributed by atoms with Gasteiger partial charge in [-0.2, -0.15) is 0 Å². The van der Waals surface area contributed by atoms with Gasteiger partial charge in [0.1, 0.15) is 0 Å². The highest BCUT2D eigenvalue weighted by Crippen LogP contribution is 2.27. The van der Waals surface area contributed by atoms with Crippen LogP contribution in [0.15, 0.2) is 0 Å². The van der Waals surface area contributed by atoms with E-state index in [2.05, 4.69) is 26.1 Å². The molecule has 1 N–H and O–H groups in total. The summed E-state index contributed by atoms with van der Waals surface area (Å²) in [7, 11) is 3.51. The van der Waals surface area contributed by atoms with Crippen LogP contribution in [-0.2, 0) is 9.47 Å². The highest BCUT2D eigenvalue weighted by Gasteiger charge is 2.24. The monoisotopic (exact) mass is 217 g/mol. The van der Waals surface area contributed by atoms with Crippen molar-refractivity contribution < 1.29 is 9.47 Å². The SMILES string of the molecule is CCC(C)(CNCCOC)CC(C)OC. The smallest absolute Gasteiger partial charge is 0.0587 e. The second-order valence-electron chi connectivity index (χ2n) is 4.58. The summed E-state index contributed by atoms with van der Waals surface area (Å²) in [6.45, 7) is 9.40. The van der Waals surface area contributed by atoms with Gasteiger partial charge in [0, 0.05) is 27.3 Å². The van der Waals surface area contributed by atoms with Crippen molar-refractivity contribution in [3.05, 3.63) is 0 Å². The summed E-state index contributed by atoms with van der Waals surface area (Å²) in [5, 5.41) is 3.43. The Morgan fingerprint density at radius 1 is 1.33 bits per heavy atom. The molecule has 0 aromatic rings. The maximum absolute atomic E-state index is 5.32. The Balaban J connectivity index is 3.85. The van der Waals surface area contributed by atoms with E-state index < -0.39 is 0 Å². The lowest BCUT2D eigenvalue weighted by molar-refractivity contribution is 0.0670.